The van der Waals surface area contributed by atoms with Gasteiger partial charge in [0.2, 0.25) is 0 Å². The van der Waals surface area contributed by atoms with Crippen LogP contribution in [0.25, 0.3) is 12.2 Å². The van der Waals surface area contributed by atoms with Crippen LogP contribution in [0, 0.1) is 10.1 Å². The Morgan fingerprint density at radius 1 is 0.895 bits per heavy atom. The van der Waals surface area contributed by atoms with E-state index in [1.807, 2.05) is 18.2 Å². The minimum atomic E-state index is -0.430. The quantitative estimate of drug-likeness (QED) is 0.362. The van der Waals surface area contributed by atoms with Crippen molar-refractivity contribution < 1.29 is 9.72 Å². The average Bonchev–Trinajstić information content (AvgIpc) is 2.46. The molecule has 0 aliphatic rings. The molecule has 0 saturated carbocycles. The Balaban J connectivity index is 2.17. The lowest BCUT2D eigenvalue weighted by atomic mass is 10.1. The summed E-state index contributed by atoms with van der Waals surface area (Å²) in [7, 11) is 0. The fourth-order valence-electron chi connectivity index (χ4n) is 1.64. The zero-order chi connectivity index (χ0) is 13.7. The minimum absolute atomic E-state index is 0.0695. The third-order valence-electron chi connectivity index (χ3n) is 2.62. The molecule has 0 N–H and O–H groups in total. The second-order valence-corrected chi connectivity index (χ2v) is 3.97. The van der Waals surface area contributed by atoms with Crippen molar-refractivity contribution >= 4 is 24.1 Å². The Kier molecular flexibility index (Phi) is 3.83. The van der Waals surface area contributed by atoms with Crippen molar-refractivity contribution in [3.8, 4) is 0 Å². The van der Waals surface area contributed by atoms with Gasteiger partial charge in [0.1, 0.15) is 6.29 Å². The summed E-state index contributed by atoms with van der Waals surface area (Å²) in [6, 6.07) is 13.5. The van der Waals surface area contributed by atoms with Crippen LogP contribution in [-0.2, 0) is 0 Å². The van der Waals surface area contributed by atoms with Gasteiger partial charge in [-0.05, 0) is 29.3 Å². The van der Waals surface area contributed by atoms with Crippen LogP contribution < -0.4 is 0 Å². The van der Waals surface area contributed by atoms with Crippen molar-refractivity contribution in [2.24, 2.45) is 0 Å². The van der Waals surface area contributed by atoms with Gasteiger partial charge in [0, 0.05) is 17.7 Å². The highest BCUT2D eigenvalue weighted by Gasteiger charge is 2.02. The number of hydrogen-bond acceptors (Lipinski definition) is 3. The molecule has 0 fully saturated rings. The molecule has 0 amide bonds. The topological polar surface area (TPSA) is 60.2 Å². The number of nitrogens with zero attached hydrogens (tertiary/aromatic N) is 1. The third kappa shape index (κ3) is 3.35. The predicted octanol–water partition coefficient (Wildman–Crippen LogP) is 3.58. The van der Waals surface area contributed by atoms with Gasteiger partial charge in [-0.15, -0.1) is 0 Å². The van der Waals surface area contributed by atoms with Crippen molar-refractivity contribution in [2.75, 3.05) is 0 Å². The highest BCUT2D eigenvalue weighted by Crippen LogP contribution is 2.14. The first-order valence-electron chi connectivity index (χ1n) is 5.67. The van der Waals surface area contributed by atoms with E-state index in [0.29, 0.717) is 5.56 Å². The van der Waals surface area contributed by atoms with E-state index in [1.165, 1.54) is 12.1 Å². The summed E-state index contributed by atoms with van der Waals surface area (Å²) in [4.78, 5) is 20.7. The first kappa shape index (κ1) is 12.7. The molecular weight excluding hydrogens is 242 g/mol. The molecule has 0 heterocycles. The van der Waals surface area contributed by atoms with E-state index in [9.17, 15) is 14.9 Å². The molecule has 0 radical (unpaired) electrons. The number of carbonyl (C=O) groups is 1. The maximum Gasteiger partial charge on any atom is 0.269 e. The molecule has 0 saturated heterocycles. The molecule has 0 aliphatic heterocycles. The molecule has 2 aromatic rings. The van der Waals surface area contributed by atoms with Crippen LogP contribution in [0.1, 0.15) is 21.5 Å². The lowest BCUT2D eigenvalue weighted by Gasteiger charge is -1.96. The van der Waals surface area contributed by atoms with Gasteiger partial charge in [-0.3, -0.25) is 14.9 Å². The molecular formula is C15H11NO3. The third-order valence-corrected chi connectivity index (χ3v) is 2.62. The standard InChI is InChI=1S/C15H11NO3/c17-11-14-3-1-2-13(10-14)5-4-12-6-8-15(9-7-12)16(18)19/h1-11H. The number of carbonyl (C=O) groups excluding carboxylic acids is 1. The van der Waals surface area contributed by atoms with Crippen LogP contribution in [0.3, 0.4) is 0 Å². The number of aldehydes is 1. The minimum Gasteiger partial charge on any atom is -0.298 e. The van der Waals surface area contributed by atoms with Crippen molar-refractivity contribution in [3.05, 3.63) is 75.3 Å². The van der Waals surface area contributed by atoms with Crippen LogP contribution >= 0.6 is 0 Å². The SMILES string of the molecule is O=Cc1cccc(C=Cc2ccc([N+](=O)[O-])cc2)c1. The Morgan fingerprint density at radius 2 is 1.53 bits per heavy atom. The molecule has 2 rings (SSSR count). The molecule has 2 aromatic carbocycles. The zero-order valence-corrected chi connectivity index (χ0v) is 10.0. The van der Waals surface area contributed by atoms with E-state index in [2.05, 4.69) is 0 Å². The van der Waals surface area contributed by atoms with E-state index in [1.54, 1.807) is 30.3 Å². The number of benzene rings is 2. The summed E-state index contributed by atoms with van der Waals surface area (Å²) in [5.74, 6) is 0. The summed E-state index contributed by atoms with van der Waals surface area (Å²) in [6.45, 7) is 0. The normalized spacial score (nSPS) is 10.5. The second kappa shape index (κ2) is 5.73. The second-order valence-electron chi connectivity index (χ2n) is 3.97. The van der Waals surface area contributed by atoms with Crippen LogP contribution in [0.4, 0.5) is 5.69 Å². The lowest BCUT2D eigenvalue weighted by molar-refractivity contribution is -0.384. The van der Waals surface area contributed by atoms with Gasteiger partial charge in [0.25, 0.3) is 5.69 Å². The summed E-state index contributed by atoms with van der Waals surface area (Å²) in [5, 5.41) is 10.5. The van der Waals surface area contributed by atoms with Crippen LogP contribution in [0.2, 0.25) is 0 Å². The lowest BCUT2D eigenvalue weighted by Crippen LogP contribution is -1.86. The Hall–Kier alpha value is -2.75. The Labute approximate surface area is 110 Å². The van der Waals surface area contributed by atoms with Crippen LogP contribution in [0.15, 0.2) is 48.5 Å². The molecule has 94 valence electrons. The van der Waals surface area contributed by atoms with Crippen molar-refractivity contribution in [2.45, 2.75) is 0 Å². The molecule has 0 aromatic heterocycles. The molecule has 0 spiro atoms. The summed E-state index contributed by atoms with van der Waals surface area (Å²) in [5.41, 5.74) is 2.45. The molecule has 19 heavy (non-hydrogen) atoms. The van der Waals surface area contributed by atoms with Gasteiger partial charge < -0.3 is 0 Å². The van der Waals surface area contributed by atoms with Gasteiger partial charge in [-0.1, -0.05) is 30.4 Å². The van der Waals surface area contributed by atoms with E-state index >= 15 is 0 Å². The first-order valence-corrected chi connectivity index (χ1v) is 5.67. The Bertz CT molecular complexity index is 630. The predicted molar refractivity (Wildman–Crippen MR) is 73.9 cm³/mol. The number of nitro groups is 1. The van der Waals surface area contributed by atoms with Crippen molar-refractivity contribution in [1.82, 2.24) is 0 Å². The molecule has 0 unspecified atom stereocenters. The number of non-ortho nitro benzene ring substituents is 1. The smallest absolute Gasteiger partial charge is 0.269 e. The molecule has 0 atom stereocenters. The average molecular weight is 253 g/mol. The molecule has 0 aliphatic carbocycles. The zero-order valence-electron chi connectivity index (χ0n) is 10.0. The van der Waals surface area contributed by atoms with Gasteiger partial charge in [0.15, 0.2) is 0 Å². The summed E-state index contributed by atoms with van der Waals surface area (Å²) >= 11 is 0. The van der Waals surface area contributed by atoms with Gasteiger partial charge in [-0.2, -0.15) is 0 Å². The molecule has 0 bridgehead atoms. The van der Waals surface area contributed by atoms with E-state index in [0.717, 1.165) is 17.4 Å². The Morgan fingerprint density at radius 3 is 2.16 bits per heavy atom. The van der Waals surface area contributed by atoms with Crippen molar-refractivity contribution in [1.29, 1.82) is 0 Å². The van der Waals surface area contributed by atoms with Crippen molar-refractivity contribution in [3.63, 3.8) is 0 Å². The van der Waals surface area contributed by atoms with E-state index < -0.39 is 4.92 Å². The summed E-state index contributed by atoms with van der Waals surface area (Å²) in [6.07, 6.45) is 4.49. The van der Waals surface area contributed by atoms with Crippen LogP contribution in [0.5, 0.6) is 0 Å². The monoisotopic (exact) mass is 253 g/mol. The molecule has 4 heteroatoms. The maximum atomic E-state index is 10.6. The van der Waals surface area contributed by atoms with E-state index in [4.69, 9.17) is 0 Å². The largest absolute Gasteiger partial charge is 0.298 e. The van der Waals surface area contributed by atoms with Crippen LogP contribution in [-0.4, -0.2) is 11.2 Å². The number of rotatable bonds is 4. The summed E-state index contributed by atoms with van der Waals surface area (Å²) < 4.78 is 0. The first-order chi connectivity index (χ1) is 9.19. The fourth-order valence-corrected chi connectivity index (χ4v) is 1.64. The van der Waals surface area contributed by atoms with E-state index in [-0.39, 0.29) is 5.69 Å². The number of nitro benzene ring substituents is 1. The number of hydrogen-bond donors (Lipinski definition) is 0. The highest BCUT2D eigenvalue weighted by atomic mass is 16.6. The van der Waals surface area contributed by atoms with Gasteiger partial charge in [-0.25, -0.2) is 0 Å². The van der Waals surface area contributed by atoms with Gasteiger partial charge in [0.05, 0.1) is 4.92 Å². The molecule has 4 nitrogen and oxygen atoms in total. The van der Waals surface area contributed by atoms with Gasteiger partial charge >= 0.3 is 0 Å². The highest BCUT2D eigenvalue weighted by molar-refractivity contribution is 5.78. The maximum absolute atomic E-state index is 10.6. The fraction of sp³-hybridized carbons (Fsp3) is 0.